The van der Waals surface area contributed by atoms with Gasteiger partial charge in [0, 0.05) is 19.3 Å². The highest BCUT2D eigenvalue weighted by atomic mass is 19.4. The van der Waals surface area contributed by atoms with Crippen molar-refractivity contribution < 1.29 is 22.7 Å². The Kier molecular flexibility index (Phi) is 5.34. The summed E-state index contributed by atoms with van der Waals surface area (Å²) < 4.78 is 44.3. The van der Waals surface area contributed by atoms with Gasteiger partial charge in [-0.2, -0.15) is 13.2 Å². The van der Waals surface area contributed by atoms with Crippen LogP contribution in [0, 0.1) is 0 Å². The zero-order valence-corrected chi connectivity index (χ0v) is 13.4. The summed E-state index contributed by atoms with van der Waals surface area (Å²) in [4.78, 5) is 12.8. The van der Waals surface area contributed by atoms with E-state index in [9.17, 15) is 18.0 Å². The normalized spacial score (nSPS) is 19.2. The van der Waals surface area contributed by atoms with Gasteiger partial charge in [0.2, 0.25) is 5.91 Å². The number of ether oxygens (including phenoxy) is 1. The molecule has 1 atom stereocenters. The molecule has 0 aromatic heterocycles. The second-order valence-corrected chi connectivity index (χ2v) is 6.06. The van der Waals surface area contributed by atoms with Crippen molar-refractivity contribution >= 4 is 5.91 Å². The van der Waals surface area contributed by atoms with Gasteiger partial charge in [-0.1, -0.05) is 25.1 Å². The molecule has 1 heterocycles. The van der Waals surface area contributed by atoms with Crippen LogP contribution in [0.5, 0.6) is 0 Å². The molecule has 23 heavy (non-hydrogen) atoms. The number of halogens is 3. The largest absolute Gasteiger partial charge is 0.416 e. The van der Waals surface area contributed by atoms with Gasteiger partial charge in [-0.25, -0.2) is 0 Å². The van der Waals surface area contributed by atoms with Gasteiger partial charge >= 0.3 is 6.18 Å². The molecule has 0 aliphatic carbocycles. The lowest BCUT2D eigenvalue weighted by atomic mass is 9.72. The molecule has 1 fully saturated rings. The molecule has 1 saturated heterocycles. The highest BCUT2D eigenvalue weighted by Crippen LogP contribution is 2.38. The molecule has 0 spiro atoms. The molecule has 0 radical (unpaired) electrons. The quantitative estimate of drug-likeness (QED) is 0.915. The monoisotopic (exact) mass is 329 g/mol. The number of amides is 1. The highest BCUT2D eigenvalue weighted by Gasteiger charge is 2.43. The Morgan fingerprint density at radius 2 is 2.00 bits per heavy atom. The van der Waals surface area contributed by atoms with E-state index in [1.54, 1.807) is 6.07 Å². The van der Waals surface area contributed by atoms with Crippen molar-refractivity contribution in [3.05, 3.63) is 35.4 Å². The van der Waals surface area contributed by atoms with E-state index in [-0.39, 0.29) is 11.9 Å². The first kappa shape index (κ1) is 17.8. The van der Waals surface area contributed by atoms with Crippen molar-refractivity contribution in [3.63, 3.8) is 0 Å². The van der Waals surface area contributed by atoms with Gasteiger partial charge < -0.3 is 10.1 Å². The van der Waals surface area contributed by atoms with Crippen molar-refractivity contribution in [2.45, 2.75) is 50.7 Å². The van der Waals surface area contributed by atoms with Gasteiger partial charge in [0.15, 0.2) is 0 Å². The van der Waals surface area contributed by atoms with Crippen LogP contribution >= 0.6 is 0 Å². The number of benzene rings is 1. The Morgan fingerprint density at radius 1 is 1.35 bits per heavy atom. The van der Waals surface area contributed by atoms with E-state index in [1.807, 2.05) is 13.8 Å². The van der Waals surface area contributed by atoms with Crippen LogP contribution in [0.15, 0.2) is 24.3 Å². The summed E-state index contributed by atoms with van der Waals surface area (Å²) in [6.07, 6.45) is -2.89. The molecule has 3 nitrogen and oxygen atoms in total. The van der Waals surface area contributed by atoms with Gasteiger partial charge in [-0.3, -0.25) is 4.79 Å². The smallest absolute Gasteiger partial charge is 0.381 e. The minimum absolute atomic E-state index is 0.0204. The topological polar surface area (TPSA) is 38.3 Å². The summed E-state index contributed by atoms with van der Waals surface area (Å²) in [5.74, 6) is -0.213. The molecule has 1 N–H and O–H groups in total. The first-order valence-electron chi connectivity index (χ1n) is 7.86. The minimum atomic E-state index is -4.42. The fraction of sp³-hybridized carbons (Fsp3) is 0.588. The molecular weight excluding hydrogens is 307 g/mol. The van der Waals surface area contributed by atoms with Crippen LogP contribution in [0.3, 0.4) is 0 Å². The molecule has 128 valence electrons. The lowest BCUT2D eigenvalue weighted by Crippen LogP contribution is -2.50. The summed E-state index contributed by atoms with van der Waals surface area (Å²) in [5, 5.41) is 2.92. The van der Waals surface area contributed by atoms with Crippen LogP contribution in [0.25, 0.3) is 0 Å². The van der Waals surface area contributed by atoms with Crippen LogP contribution in [-0.4, -0.2) is 25.2 Å². The second-order valence-electron chi connectivity index (χ2n) is 6.06. The predicted octanol–water partition coefficient (Wildman–Crippen LogP) is 3.67. The Labute approximate surface area is 134 Å². The SMILES string of the molecule is CC[C@@H](C)NC(=O)C1(c2cccc(C(F)(F)F)c2)CCOCC1. The Bertz CT molecular complexity index is 551. The molecule has 0 bridgehead atoms. The van der Waals surface area contributed by atoms with Gasteiger partial charge in [0.25, 0.3) is 0 Å². The molecule has 1 aliphatic rings. The molecule has 1 aromatic carbocycles. The highest BCUT2D eigenvalue weighted by molar-refractivity contribution is 5.88. The van der Waals surface area contributed by atoms with Crippen molar-refractivity contribution in [2.75, 3.05) is 13.2 Å². The number of carbonyl (C=O) groups excluding carboxylic acids is 1. The van der Waals surface area contributed by atoms with Crippen molar-refractivity contribution in [2.24, 2.45) is 0 Å². The molecular formula is C17H22F3NO2. The summed E-state index contributed by atoms with van der Waals surface area (Å²) in [6.45, 7) is 4.57. The number of carbonyl (C=O) groups is 1. The van der Waals surface area contributed by atoms with Crippen LogP contribution in [0.4, 0.5) is 13.2 Å². The summed E-state index contributed by atoms with van der Waals surface area (Å²) in [7, 11) is 0. The average molecular weight is 329 g/mol. The third-order valence-corrected chi connectivity index (χ3v) is 4.51. The zero-order valence-electron chi connectivity index (χ0n) is 13.4. The summed E-state index contributed by atoms with van der Waals surface area (Å²) >= 11 is 0. The Morgan fingerprint density at radius 3 is 2.57 bits per heavy atom. The number of nitrogens with one attached hydrogen (secondary N) is 1. The van der Waals surface area contributed by atoms with E-state index in [0.717, 1.165) is 18.6 Å². The van der Waals surface area contributed by atoms with Gasteiger partial charge in [-0.15, -0.1) is 0 Å². The fourth-order valence-corrected chi connectivity index (χ4v) is 2.82. The van der Waals surface area contributed by atoms with E-state index in [1.165, 1.54) is 6.07 Å². The molecule has 0 saturated carbocycles. The Balaban J connectivity index is 2.40. The van der Waals surface area contributed by atoms with Crippen molar-refractivity contribution in [1.82, 2.24) is 5.32 Å². The van der Waals surface area contributed by atoms with E-state index in [0.29, 0.717) is 31.6 Å². The minimum Gasteiger partial charge on any atom is -0.381 e. The van der Waals surface area contributed by atoms with E-state index >= 15 is 0 Å². The van der Waals surface area contributed by atoms with E-state index in [2.05, 4.69) is 5.32 Å². The maximum Gasteiger partial charge on any atom is 0.416 e. The maximum absolute atomic E-state index is 13.0. The first-order valence-corrected chi connectivity index (χ1v) is 7.86. The standard InChI is InChI=1S/C17H22F3NO2/c1-3-12(2)21-15(22)16(7-9-23-10-8-16)13-5-4-6-14(11-13)17(18,19)20/h4-6,11-12H,3,7-10H2,1-2H3,(H,21,22)/t12-/m1/s1. The number of rotatable bonds is 4. The maximum atomic E-state index is 13.0. The lowest BCUT2D eigenvalue weighted by molar-refractivity contribution is -0.138. The van der Waals surface area contributed by atoms with E-state index in [4.69, 9.17) is 4.74 Å². The average Bonchev–Trinajstić information content (AvgIpc) is 2.54. The second kappa shape index (κ2) is 6.91. The Hall–Kier alpha value is -1.56. The summed E-state index contributed by atoms with van der Waals surface area (Å²) in [6, 6.07) is 5.08. The number of hydrogen-bond donors (Lipinski definition) is 1. The van der Waals surface area contributed by atoms with Gasteiger partial charge in [0.05, 0.1) is 11.0 Å². The van der Waals surface area contributed by atoms with Crippen LogP contribution in [-0.2, 0) is 21.1 Å². The van der Waals surface area contributed by atoms with Crippen LogP contribution in [0.1, 0.15) is 44.2 Å². The molecule has 2 rings (SSSR count). The number of hydrogen-bond acceptors (Lipinski definition) is 2. The van der Waals surface area contributed by atoms with Crippen molar-refractivity contribution in [3.8, 4) is 0 Å². The molecule has 1 aliphatic heterocycles. The van der Waals surface area contributed by atoms with Gasteiger partial charge in [0.1, 0.15) is 0 Å². The lowest BCUT2D eigenvalue weighted by Gasteiger charge is -2.37. The van der Waals surface area contributed by atoms with Crippen molar-refractivity contribution in [1.29, 1.82) is 0 Å². The number of alkyl halides is 3. The zero-order chi connectivity index (χ0) is 17.1. The third-order valence-electron chi connectivity index (χ3n) is 4.51. The molecule has 6 heteroatoms. The summed E-state index contributed by atoms with van der Waals surface area (Å²) in [5.41, 5.74) is -1.27. The fourth-order valence-electron chi connectivity index (χ4n) is 2.82. The molecule has 1 aromatic rings. The van der Waals surface area contributed by atoms with Gasteiger partial charge in [-0.05, 0) is 37.8 Å². The van der Waals surface area contributed by atoms with E-state index < -0.39 is 17.2 Å². The third kappa shape index (κ3) is 3.86. The predicted molar refractivity (Wildman–Crippen MR) is 81.1 cm³/mol. The van der Waals surface area contributed by atoms with Crippen LogP contribution in [0.2, 0.25) is 0 Å². The molecule has 1 amide bonds. The molecule has 0 unspecified atom stereocenters. The first-order chi connectivity index (χ1) is 10.8. The van der Waals surface area contributed by atoms with Crippen LogP contribution < -0.4 is 5.32 Å².